The molecule has 0 fully saturated rings. The molecule has 0 aliphatic carbocycles. The number of halogens is 2. The van der Waals surface area contributed by atoms with Gasteiger partial charge in [-0.05, 0) is 30.3 Å². The molecule has 0 saturated heterocycles. The van der Waals surface area contributed by atoms with Crippen LogP contribution in [0.25, 0.3) is 11.3 Å². The first-order valence-corrected chi connectivity index (χ1v) is 5.10. The van der Waals surface area contributed by atoms with Gasteiger partial charge in [0.1, 0.15) is 10.5 Å². The summed E-state index contributed by atoms with van der Waals surface area (Å²) < 4.78 is 13.4. The molecule has 2 aromatic rings. The Hall–Kier alpha value is -1.19. The van der Waals surface area contributed by atoms with Crippen LogP contribution in [0.3, 0.4) is 0 Å². The highest BCUT2D eigenvalue weighted by molar-refractivity contribution is 7.71. The highest BCUT2D eigenvalue weighted by atomic mass is 35.5. The van der Waals surface area contributed by atoms with Gasteiger partial charge >= 0.3 is 0 Å². The molecule has 1 nitrogen and oxygen atoms in total. The molecule has 0 atom stereocenters. The second-order valence-electron chi connectivity index (χ2n) is 3.05. The van der Waals surface area contributed by atoms with E-state index in [2.05, 4.69) is 4.98 Å². The number of H-pyrrole nitrogens is 1. The molecule has 0 aliphatic heterocycles. The van der Waals surface area contributed by atoms with Gasteiger partial charge in [-0.15, -0.1) is 0 Å². The average molecular weight is 240 g/mol. The van der Waals surface area contributed by atoms with Crippen LogP contribution in [0.5, 0.6) is 0 Å². The van der Waals surface area contributed by atoms with Crippen molar-refractivity contribution in [2.45, 2.75) is 0 Å². The van der Waals surface area contributed by atoms with Crippen molar-refractivity contribution in [3.63, 3.8) is 0 Å². The number of pyridine rings is 1. The van der Waals surface area contributed by atoms with Gasteiger partial charge in [0.2, 0.25) is 0 Å². The Balaban J connectivity index is 2.59. The molecule has 4 heteroatoms. The Morgan fingerprint density at radius 1 is 1.20 bits per heavy atom. The molecule has 0 saturated carbocycles. The molecule has 1 N–H and O–H groups in total. The summed E-state index contributed by atoms with van der Waals surface area (Å²) in [6.45, 7) is 0. The predicted octanol–water partition coefficient (Wildman–Crippen LogP) is 4.20. The molecule has 1 aromatic heterocycles. The third-order valence-electron chi connectivity index (χ3n) is 1.99. The van der Waals surface area contributed by atoms with Crippen molar-refractivity contribution in [2.75, 3.05) is 0 Å². The zero-order valence-electron chi connectivity index (χ0n) is 7.63. The number of hydrogen-bond donors (Lipinski definition) is 1. The highest BCUT2D eigenvalue weighted by Gasteiger charge is 2.04. The molecular weight excluding hydrogens is 233 g/mol. The number of aromatic nitrogens is 1. The van der Waals surface area contributed by atoms with Gasteiger partial charge in [-0.25, -0.2) is 4.39 Å². The number of hydrogen-bond acceptors (Lipinski definition) is 1. The van der Waals surface area contributed by atoms with Crippen molar-refractivity contribution in [2.24, 2.45) is 0 Å². The molecule has 15 heavy (non-hydrogen) atoms. The van der Waals surface area contributed by atoms with E-state index in [0.717, 1.165) is 11.3 Å². The quantitative estimate of drug-likeness (QED) is 0.738. The molecule has 0 spiro atoms. The molecule has 76 valence electrons. The van der Waals surface area contributed by atoms with E-state index in [4.69, 9.17) is 23.8 Å². The van der Waals surface area contributed by atoms with Gasteiger partial charge in [0, 0.05) is 11.3 Å². The lowest BCUT2D eigenvalue weighted by molar-refractivity contribution is 0.628. The maximum absolute atomic E-state index is 12.8. The zero-order chi connectivity index (χ0) is 10.8. The van der Waals surface area contributed by atoms with Crippen molar-refractivity contribution in [3.8, 4) is 11.3 Å². The summed E-state index contributed by atoms with van der Waals surface area (Å²) in [5.41, 5.74) is 1.53. The summed E-state index contributed by atoms with van der Waals surface area (Å²) in [7, 11) is 0. The SMILES string of the molecule is Fc1ccc(-c2cccc(=S)[nH]2)c(Cl)c1. The van der Waals surface area contributed by atoms with Crippen LogP contribution in [-0.2, 0) is 0 Å². The first kappa shape index (κ1) is 10.3. The Morgan fingerprint density at radius 2 is 2.00 bits per heavy atom. The van der Waals surface area contributed by atoms with Crippen LogP contribution in [0.4, 0.5) is 4.39 Å². The normalized spacial score (nSPS) is 10.3. The van der Waals surface area contributed by atoms with Crippen molar-refractivity contribution in [1.29, 1.82) is 0 Å². The van der Waals surface area contributed by atoms with Crippen LogP contribution in [0, 0.1) is 10.5 Å². The van der Waals surface area contributed by atoms with Crippen LogP contribution < -0.4 is 0 Å². The Bertz CT molecular complexity index is 550. The van der Waals surface area contributed by atoms with E-state index in [1.807, 2.05) is 12.1 Å². The summed E-state index contributed by atoms with van der Waals surface area (Å²) in [5.74, 6) is -0.349. The zero-order valence-corrected chi connectivity index (χ0v) is 9.20. The number of nitrogens with one attached hydrogen (secondary N) is 1. The third kappa shape index (κ3) is 2.25. The van der Waals surface area contributed by atoms with Crippen LogP contribution in [0.1, 0.15) is 0 Å². The van der Waals surface area contributed by atoms with Crippen molar-refractivity contribution < 1.29 is 4.39 Å². The lowest BCUT2D eigenvalue weighted by Crippen LogP contribution is -1.85. The minimum Gasteiger partial charge on any atom is -0.346 e. The molecule has 2 rings (SSSR count). The smallest absolute Gasteiger partial charge is 0.124 e. The summed E-state index contributed by atoms with van der Waals surface area (Å²) in [6.07, 6.45) is 0. The predicted molar refractivity (Wildman–Crippen MR) is 62.0 cm³/mol. The highest BCUT2D eigenvalue weighted by Crippen LogP contribution is 2.26. The van der Waals surface area contributed by atoms with E-state index in [1.165, 1.54) is 12.1 Å². The van der Waals surface area contributed by atoms with Gasteiger partial charge in [0.15, 0.2) is 0 Å². The van der Waals surface area contributed by atoms with E-state index in [0.29, 0.717) is 9.66 Å². The van der Waals surface area contributed by atoms with Gasteiger partial charge in [-0.2, -0.15) is 0 Å². The van der Waals surface area contributed by atoms with Gasteiger partial charge in [0.25, 0.3) is 0 Å². The Morgan fingerprint density at radius 3 is 2.67 bits per heavy atom. The maximum Gasteiger partial charge on any atom is 0.124 e. The number of benzene rings is 1. The van der Waals surface area contributed by atoms with Crippen LogP contribution >= 0.6 is 23.8 Å². The minimum atomic E-state index is -0.349. The molecule has 0 bridgehead atoms. The third-order valence-corrected chi connectivity index (χ3v) is 2.54. The van der Waals surface area contributed by atoms with Gasteiger partial charge < -0.3 is 4.98 Å². The first-order chi connectivity index (χ1) is 7.16. The van der Waals surface area contributed by atoms with Gasteiger partial charge in [-0.3, -0.25) is 0 Å². The Labute approximate surface area is 96.5 Å². The Kier molecular flexibility index (Phi) is 2.84. The topological polar surface area (TPSA) is 15.8 Å². The van der Waals surface area contributed by atoms with Crippen molar-refractivity contribution >= 4 is 23.8 Å². The first-order valence-electron chi connectivity index (χ1n) is 4.31. The van der Waals surface area contributed by atoms with Crippen molar-refractivity contribution in [3.05, 3.63) is 51.9 Å². The lowest BCUT2D eigenvalue weighted by atomic mass is 10.1. The monoisotopic (exact) mass is 239 g/mol. The molecule has 0 amide bonds. The van der Waals surface area contributed by atoms with Crippen LogP contribution in [-0.4, -0.2) is 4.98 Å². The largest absolute Gasteiger partial charge is 0.346 e. The second-order valence-corrected chi connectivity index (χ2v) is 3.90. The lowest BCUT2D eigenvalue weighted by Gasteiger charge is -2.04. The van der Waals surface area contributed by atoms with Crippen LogP contribution in [0.15, 0.2) is 36.4 Å². The maximum atomic E-state index is 12.8. The van der Waals surface area contributed by atoms with E-state index < -0.39 is 0 Å². The molecule has 0 aliphatic rings. The fourth-order valence-corrected chi connectivity index (χ4v) is 1.77. The fraction of sp³-hybridized carbons (Fsp3) is 0. The fourth-order valence-electron chi connectivity index (χ4n) is 1.31. The second kappa shape index (κ2) is 4.13. The molecular formula is C11H7ClFNS. The average Bonchev–Trinajstić information content (AvgIpc) is 2.17. The molecule has 0 unspecified atom stereocenters. The summed E-state index contributed by atoms with van der Waals surface area (Å²) in [4.78, 5) is 2.99. The van der Waals surface area contributed by atoms with Crippen LogP contribution in [0.2, 0.25) is 5.02 Å². The van der Waals surface area contributed by atoms with Gasteiger partial charge in [0.05, 0.1) is 5.02 Å². The molecule has 1 aromatic carbocycles. The van der Waals surface area contributed by atoms with Crippen molar-refractivity contribution in [1.82, 2.24) is 4.98 Å². The summed E-state index contributed by atoms with van der Waals surface area (Å²) >= 11 is 10.9. The standard InChI is InChI=1S/C11H7ClFNS/c12-9-6-7(13)4-5-8(9)10-2-1-3-11(15)14-10/h1-6H,(H,14,15). The van der Waals surface area contributed by atoms with Gasteiger partial charge in [-0.1, -0.05) is 29.9 Å². The number of rotatable bonds is 1. The summed E-state index contributed by atoms with van der Waals surface area (Å²) in [6, 6.07) is 9.71. The van der Waals surface area contributed by atoms with E-state index in [9.17, 15) is 4.39 Å². The van der Waals surface area contributed by atoms with E-state index in [1.54, 1.807) is 12.1 Å². The van der Waals surface area contributed by atoms with E-state index >= 15 is 0 Å². The minimum absolute atomic E-state index is 0.349. The molecule has 0 radical (unpaired) electrons. The number of aromatic amines is 1. The van der Waals surface area contributed by atoms with E-state index in [-0.39, 0.29) is 5.82 Å². The summed E-state index contributed by atoms with van der Waals surface area (Å²) in [5, 5.41) is 0.367. The molecule has 1 heterocycles.